The summed E-state index contributed by atoms with van der Waals surface area (Å²) in [6, 6.07) is 12.9. The third-order valence-corrected chi connectivity index (χ3v) is 3.10. The van der Waals surface area contributed by atoms with Crippen LogP contribution in [0, 0.1) is 17.1 Å². The Labute approximate surface area is 124 Å². The monoisotopic (exact) mass is 335 g/mol. The van der Waals surface area contributed by atoms with Crippen molar-refractivity contribution in [1.82, 2.24) is 0 Å². The second kappa shape index (κ2) is 6.92. The van der Waals surface area contributed by atoms with Crippen LogP contribution >= 0.6 is 15.9 Å². The van der Waals surface area contributed by atoms with E-state index in [9.17, 15) is 4.39 Å². The van der Waals surface area contributed by atoms with Crippen LogP contribution in [0.5, 0.6) is 11.5 Å². The van der Waals surface area contributed by atoms with Gasteiger partial charge < -0.3 is 9.47 Å². The summed E-state index contributed by atoms with van der Waals surface area (Å²) >= 11 is 3.33. The van der Waals surface area contributed by atoms with Crippen molar-refractivity contribution in [1.29, 1.82) is 5.26 Å². The highest BCUT2D eigenvalue weighted by Gasteiger charge is 2.02. The molecule has 2 aromatic rings. The molecule has 5 heteroatoms. The predicted octanol–water partition coefficient (Wildman–Crippen LogP) is 3.92. The largest absolute Gasteiger partial charge is 0.490 e. The fraction of sp³-hybridized carbons (Fsp3) is 0.133. The molecule has 0 bridgehead atoms. The quantitative estimate of drug-likeness (QED) is 0.778. The van der Waals surface area contributed by atoms with Crippen LogP contribution in [0.25, 0.3) is 0 Å². The van der Waals surface area contributed by atoms with Gasteiger partial charge >= 0.3 is 0 Å². The smallest absolute Gasteiger partial charge is 0.133 e. The second-order valence-electron chi connectivity index (χ2n) is 3.91. The van der Waals surface area contributed by atoms with Crippen molar-refractivity contribution < 1.29 is 13.9 Å². The van der Waals surface area contributed by atoms with Crippen LogP contribution in [0.4, 0.5) is 4.39 Å². The van der Waals surface area contributed by atoms with Gasteiger partial charge in [0.25, 0.3) is 0 Å². The summed E-state index contributed by atoms with van der Waals surface area (Å²) in [6.45, 7) is 0.694. The number of nitrogens with zero attached hydrogens (tertiary/aromatic N) is 1. The Morgan fingerprint density at radius 2 is 1.75 bits per heavy atom. The number of ether oxygens (including phenoxy) is 2. The highest BCUT2D eigenvalue weighted by atomic mass is 79.9. The van der Waals surface area contributed by atoms with Crippen LogP contribution in [-0.4, -0.2) is 13.2 Å². The van der Waals surface area contributed by atoms with Gasteiger partial charge in [0.2, 0.25) is 0 Å². The van der Waals surface area contributed by atoms with Gasteiger partial charge in [0, 0.05) is 0 Å². The zero-order chi connectivity index (χ0) is 14.4. The molecule has 0 radical (unpaired) electrons. The van der Waals surface area contributed by atoms with E-state index in [0.717, 1.165) is 4.47 Å². The summed E-state index contributed by atoms with van der Waals surface area (Å²) < 4.78 is 24.3. The second-order valence-corrected chi connectivity index (χ2v) is 4.76. The highest BCUT2D eigenvalue weighted by Crippen LogP contribution is 2.25. The van der Waals surface area contributed by atoms with E-state index >= 15 is 0 Å². The van der Waals surface area contributed by atoms with Crippen LogP contribution < -0.4 is 9.47 Å². The molecule has 0 aromatic heterocycles. The first-order chi connectivity index (χ1) is 9.69. The molecule has 0 aliphatic carbocycles. The SMILES string of the molecule is N#Cc1ccc(OCCOc2ccc(F)cc2)c(Br)c1. The molecule has 0 spiro atoms. The minimum atomic E-state index is -0.296. The van der Waals surface area contributed by atoms with Crippen LogP contribution in [0.1, 0.15) is 5.56 Å². The average Bonchev–Trinajstić information content (AvgIpc) is 2.46. The van der Waals surface area contributed by atoms with E-state index in [4.69, 9.17) is 14.7 Å². The molecule has 0 saturated heterocycles. The lowest BCUT2D eigenvalue weighted by molar-refractivity contribution is 0.216. The molecule has 2 rings (SSSR count). The van der Waals surface area contributed by atoms with Gasteiger partial charge in [-0.3, -0.25) is 0 Å². The molecule has 2 aromatic carbocycles. The maximum Gasteiger partial charge on any atom is 0.133 e. The first-order valence-corrected chi connectivity index (χ1v) is 6.69. The summed E-state index contributed by atoms with van der Waals surface area (Å²) in [5, 5.41) is 8.75. The van der Waals surface area contributed by atoms with E-state index in [1.165, 1.54) is 12.1 Å². The molecule has 0 unspecified atom stereocenters. The Kier molecular flexibility index (Phi) is 4.97. The Bertz CT molecular complexity index is 623. The maximum atomic E-state index is 12.7. The Hall–Kier alpha value is -2.06. The normalized spacial score (nSPS) is 9.85. The van der Waals surface area contributed by atoms with Crippen LogP contribution in [0.15, 0.2) is 46.9 Å². The van der Waals surface area contributed by atoms with Gasteiger partial charge in [0.1, 0.15) is 30.5 Å². The third-order valence-electron chi connectivity index (χ3n) is 2.48. The van der Waals surface area contributed by atoms with Gasteiger partial charge in [0.05, 0.1) is 16.1 Å². The van der Waals surface area contributed by atoms with Crippen molar-refractivity contribution in [3.8, 4) is 17.6 Å². The standard InChI is InChI=1S/C15H11BrFNO2/c16-14-9-11(10-18)1-6-15(14)20-8-7-19-13-4-2-12(17)3-5-13/h1-6,9H,7-8H2. The molecule has 0 amide bonds. The summed E-state index contributed by atoms with van der Waals surface area (Å²) in [4.78, 5) is 0. The molecular weight excluding hydrogens is 325 g/mol. The fourth-order valence-corrected chi connectivity index (χ4v) is 2.02. The van der Waals surface area contributed by atoms with Crippen molar-refractivity contribution >= 4 is 15.9 Å². The van der Waals surface area contributed by atoms with Gasteiger partial charge in [-0.05, 0) is 58.4 Å². The fourth-order valence-electron chi connectivity index (χ4n) is 1.53. The number of benzene rings is 2. The molecular formula is C15H11BrFNO2. The maximum absolute atomic E-state index is 12.7. The van der Waals surface area contributed by atoms with Crippen molar-refractivity contribution in [2.24, 2.45) is 0 Å². The Balaban J connectivity index is 1.81. The minimum absolute atomic E-state index is 0.296. The van der Waals surface area contributed by atoms with Crippen LogP contribution in [0.3, 0.4) is 0 Å². The number of rotatable bonds is 5. The number of hydrogen-bond donors (Lipinski definition) is 0. The minimum Gasteiger partial charge on any atom is -0.490 e. The zero-order valence-corrected chi connectivity index (χ0v) is 12.1. The number of hydrogen-bond acceptors (Lipinski definition) is 3. The molecule has 0 aliphatic rings. The first-order valence-electron chi connectivity index (χ1n) is 5.90. The predicted molar refractivity (Wildman–Crippen MR) is 76.2 cm³/mol. The van der Waals surface area contributed by atoms with E-state index in [-0.39, 0.29) is 5.82 Å². The zero-order valence-electron chi connectivity index (χ0n) is 10.5. The van der Waals surface area contributed by atoms with Gasteiger partial charge in [-0.25, -0.2) is 4.39 Å². The summed E-state index contributed by atoms with van der Waals surface area (Å²) in [5.41, 5.74) is 0.562. The lowest BCUT2D eigenvalue weighted by Crippen LogP contribution is -2.09. The van der Waals surface area contributed by atoms with Crippen molar-refractivity contribution in [3.63, 3.8) is 0 Å². The number of nitriles is 1. The first kappa shape index (κ1) is 14.4. The molecule has 0 N–H and O–H groups in total. The van der Waals surface area contributed by atoms with E-state index in [1.54, 1.807) is 30.3 Å². The van der Waals surface area contributed by atoms with Gasteiger partial charge in [-0.1, -0.05) is 0 Å². The van der Waals surface area contributed by atoms with Crippen LogP contribution in [-0.2, 0) is 0 Å². The molecule has 0 atom stereocenters. The molecule has 102 valence electrons. The third kappa shape index (κ3) is 3.97. The lowest BCUT2D eigenvalue weighted by atomic mass is 10.2. The van der Waals surface area contributed by atoms with E-state index < -0.39 is 0 Å². The van der Waals surface area contributed by atoms with Crippen molar-refractivity contribution in [2.45, 2.75) is 0 Å². The Morgan fingerprint density at radius 3 is 2.40 bits per heavy atom. The number of halogens is 2. The van der Waals surface area contributed by atoms with Gasteiger partial charge in [-0.15, -0.1) is 0 Å². The van der Waals surface area contributed by atoms with Gasteiger partial charge in [0.15, 0.2) is 0 Å². The van der Waals surface area contributed by atoms with E-state index in [0.29, 0.717) is 30.3 Å². The Morgan fingerprint density at radius 1 is 1.05 bits per heavy atom. The topological polar surface area (TPSA) is 42.2 Å². The summed E-state index contributed by atoms with van der Waals surface area (Å²) in [6.07, 6.45) is 0. The average molecular weight is 336 g/mol. The summed E-state index contributed by atoms with van der Waals surface area (Å²) in [7, 11) is 0. The van der Waals surface area contributed by atoms with E-state index in [2.05, 4.69) is 15.9 Å². The molecule has 0 fully saturated rings. The molecule has 0 saturated carbocycles. The molecule has 3 nitrogen and oxygen atoms in total. The van der Waals surface area contributed by atoms with Crippen molar-refractivity contribution in [3.05, 3.63) is 58.3 Å². The molecule has 20 heavy (non-hydrogen) atoms. The molecule has 0 aliphatic heterocycles. The molecule has 0 heterocycles. The summed E-state index contributed by atoms with van der Waals surface area (Å²) in [5.74, 6) is 0.940. The van der Waals surface area contributed by atoms with Crippen LogP contribution in [0.2, 0.25) is 0 Å². The van der Waals surface area contributed by atoms with E-state index in [1.807, 2.05) is 6.07 Å². The lowest BCUT2D eigenvalue weighted by Gasteiger charge is -2.09. The van der Waals surface area contributed by atoms with Crippen molar-refractivity contribution in [2.75, 3.05) is 13.2 Å². The van der Waals surface area contributed by atoms with Gasteiger partial charge in [-0.2, -0.15) is 5.26 Å². The highest BCUT2D eigenvalue weighted by molar-refractivity contribution is 9.10.